The van der Waals surface area contributed by atoms with Crippen LogP contribution in [0, 0.1) is 6.92 Å². The molecule has 5 heterocycles. The van der Waals surface area contributed by atoms with Gasteiger partial charge in [-0.3, -0.25) is 39.0 Å². The van der Waals surface area contributed by atoms with Gasteiger partial charge in [0, 0.05) is 93.9 Å². The zero-order valence-electron chi connectivity index (χ0n) is 38.5. The lowest BCUT2D eigenvalue weighted by Crippen LogP contribution is -2.37. The molecule has 16 nitrogen and oxygen atoms in total. The number of hydrogen-bond donors (Lipinski definition) is 0. The van der Waals surface area contributed by atoms with Crippen LogP contribution in [0.1, 0.15) is 74.2 Å². The number of hydrogen-bond acceptors (Lipinski definition) is 13. The minimum absolute atomic E-state index is 0.0126. The summed E-state index contributed by atoms with van der Waals surface area (Å²) in [6.07, 6.45) is 5.34. The highest BCUT2D eigenvalue weighted by molar-refractivity contribution is 6.15. The van der Waals surface area contributed by atoms with Crippen molar-refractivity contribution in [3.05, 3.63) is 130 Å². The van der Waals surface area contributed by atoms with E-state index in [1.54, 1.807) is 24.1 Å². The summed E-state index contributed by atoms with van der Waals surface area (Å²) in [6.45, 7) is 3.38. The smallest absolute Gasteiger partial charge is 0.333 e. The molecular formula is C53H50N6O10. The first-order valence-corrected chi connectivity index (χ1v) is 23.0. The lowest BCUT2D eigenvalue weighted by atomic mass is 10.1. The van der Waals surface area contributed by atoms with Crippen LogP contribution in [-0.4, -0.2) is 93.1 Å². The van der Waals surface area contributed by atoms with Crippen LogP contribution in [0.5, 0.6) is 17.2 Å². The fraction of sp³-hybridized carbons (Fsp3) is 0.302. The first-order valence-electron chi connectivity index (χ1n) is 23.0. The Morgan fingerprint density at radius 3 is 1.84 bits per heavy atom. The van der Waals surface area contributed by atoms with Gasteiger partial charge in [-0.2, -0.15) is 0 Å². The second-order valence-corrected chi connectivity index (χ2v) is 17.6. The molecule has 0 aliphatic carbocycles. The predicted molar refractivity (Wildman–Crippen MR) is 258 cm³/mol. The van der Waals surface area contributed by atoms with Gasteiger partial charge in [0.05, 0.1) is 48.3 Å². The maximum absolute atomic E-state index is 14.1. The van der Waals surface area contributed by atoms with Crippen LogP contribution in [0.25, 0.3) is 0 Å². The number of para-hydroxylation sites is 2. The number of fused-ring (bicyclic) bond motifs is 8. The number of imide groups is 1. The molecule has 0 radical (unpaired) electrons. The van der Waals surface area contributed by atoms with Crippen molar-refractivity contribution in [2.45, 2.75) is 70.7 Å². The van der Waals surface area contributed by atoms with Gasteiger partial charge in [-0.05, 0) is 83.6 Å². The number of ether oxygens (including phenoxy) is 4. The zero-order chi connectivity index (χ0) is 47.8. The van der Waals surface area contributed by atoms with E-state index < -0.39 is 17.8 Å². The molecule has 0 N–H and O–H groups in total. The highest BCUT2D eigenvalue weighted by Crippen LogP contribution is 2.42. The highest BCUT2D eigenvalue weighted by atomic mass is 16.7. The van der Waals surface area contributed by atoms with Crippen LogP contribution in [-0.2, 0) is 50.0 Å². The number of nitrogens with zero attached hydrogens (tertiary/aromatic N) is 6. The monoisotopic (exact) mass is 930 g/mol. The van der Waals surface area contributed by atoms with Gasteiger partial charge >= 0.3 is 5.97 Å². The number of hydroxylamine groups is 2. The molecule has 0 aromatic heterocycles. The van der Waals surface area contributed by atoms with Gasteiger partial charge < -0.3 is 28.7 Å². The number of anilines is 3. The largest absolute Gasteiger partial charge is 0.493 e. The molecule has 5 aliphatic rings. The summed E-state index contributed by atoms with van der Waals surface area (Å²) in [6, 6.07) is 28.5. The van der Waals surface area contributed by atoms with E-state index in [1.165, 1.54) is 7.11 Å². The minimum atomic E-state index is -0.681. The van der Waals surface area contributed by atoms with Crippen LogP contribution < -0.4 is 28.9 Å². The molecule has 0 unspecified atom stereocenters. The second-order valence-electron chi connectivity index (χ2n) is 17.6. The highest BCUT2D eigenvalue weighted by Gasteiger charge is 2.38. The Morgan fingerprint density at radius 2 is 1.25 bits per heavy atom. The van der Waals surface area contributed by atoms with E-state index in [1.807, 2.05) is 103 Å². The van der Waals surface area contributed by atoms with Crippen molar-refractivity contribution >= 4 is 70.5 Å². The Balaban J connectivity index is 0.915. The molecule has 5 aromatic carbocycles. The van der Waals surface area contributed by atoms with Crippen molar-refractivity contribution in [3.63, 3.8) is 0 Å². The number of amides is 4. The van der Waals surface area contributed by atoms with Crippen molar-refractivity contribution in [2.75, 3.05) is 48.6 Å². The lowest BCUT2D eigenvalue weighted by Gasteiger charge is -2.26. The Morgan fingerprint density at radius 1 is 0.681 bits per heavy atom. The Hall–Kier alpha value is -7.85. The number of aryl methyl sites for hydroxylation is 1. The van der Waals surface area contributed by atoms with E-state index in [0.717, 1.165) is 44.9 Å². The Kier molecular flexibility index (Phi) is 12.4. The number of methoxy groups -OCH3 is 2. The average molecular weight is 931 g/mol. The maximum atomic E-state index is 14.1. The van der Waals surface area contributed by atoms with E-state index in [0.29, 0.717) is 83.8 Å². The van der Waals surface area contributed by atoms with E-state index in [9.17, 15) is 24.0 Å². The number of benzene rings is 5. The Labute approximate surface area is 398 Å². The third-order valence-electron chi connectivity index (χ3n) is 13.0. The van der Waals surface area contributed by atoms with E-state index in [-0.39, 0.29) is 56.4 Å². The fourth-order valence-electron chi connectivity index (χ4n) is 9.59. The minimum Gasteiger partial charge on any atom is -0.493 e. The molecule has 0 spiro atoms. The van der Waals surface area contributed by atoms with Gasteiger partial charge in [-0.1, -0.05) is 36.4 Å². The molecule has 0 bridgehead atoms. The Bertz CT molecular complexity index is 2950. The number of carbonyl (C=O) groups excluding carboxylic acids is 5. The van der Waals surface area contributed by atoms with Gasteiger partial charge in [-0.25, -0.2) is 4.79 Å². The first kappa shape index (κ1) is 45.0. The maximum Gasteiger partial charge on any atom is 0.333 e. The molecule has 2 atom stereocenters. The van der Waals surface area contributed by atoms with Crippen molar-refractivity contribution in [2.24, 2.45) is 9.98 Å². The summed E-state index contributed by atoms with van der Waals surface area (Å²) in [5, 5.41) is 0.560. The van der Waals surface area contributed by atoms with Crippen molar-refractivity contribution in [3.8, 4) is 17.2 Å². The summed E-state index contributed by atoms with van der Waals surface area (Å²) in [5.41, 5.74) is 9.03. The molecule has 0 saturated carbocycles. The van der Waals surface area contributed by atoms with Crippen molar-refractivity contribution in [1.82, 2.24) is 5.06 Å². The SMILES string of the molecule is COCCN(CCCC(=O)ON1C(=O)CCC1=O)c1cc(COc2cc3c(cc2C)C(=O)N2c4ccccc4C[C@H]2C=N3)cc(COc2cc3c(cc2OC)C(=O)N2c4ccccc4C[C@H]2C=N3)c1. The molecule has 1 saturated heterocycles. The van der Waals surface area contributed by atoms with Gasteiger partial charge in [0.2, 0.25) is 0 Å². The summed E-state index contributed by atoms with van der Waals surface area (Å²) in [5.74, 6) is -0.682. The first-order chi connectivity index (χ1) is 33.6. The summed E-state index contributed by atoms with van der Waals surface area (Å²) in [4.78, 5) is 85.4. The van der Waals surface area contributed by atoms with Crippen LogP contribution >= 0.6 is 0 Å². The van der Waals surface area contributed by atoms with E-state index in [4.69, 9.17) is 33.8 Å². The molecule has 10 rings (SSSR count). The third-order valence-corrected chi connectivity index (χ3v) is 13.0. The molecule has 352 valence electrons. The molecule has 5 aromatic rings. The van der Waals surface area contributed by atoms with Crippen molar-refractivity contribution in [1.29, 1.82) is 0 Å². The molecule has 5 aliphatic heterocycles. The predicted octanol–water partition coefficient (Wildman–Crippen LogP) is 7.58. The van der Waals surface area contributed by atoms with Gasteiger partial charge in [-0.15, -0.1) is 5.06 Å². The average Bonchev–Trinajstić information content (AvgIpc) is 3.97. The van der Waals surface area contributed by atoms with Crippen LogP contribution in [0.2, 0.25) is 0 Å². The van der Waals surface area contributed by atoms with Gasteiger partial charge in [0.25, 0.3) is 23.6 Å². The summed E-state index contributed by atoms with van der Waals surface area (Å²) < 4.78 is 24.4. The molecular weight excluding hydrogens is 881 g/mol. The molecule has 16 heteroatoms. The number of carbonyl (C=O) groups is 5. The lowest BCUT2D eigenvalue weighted by molar-refractivity contribution is -0.197. The van der Waals surface area contributed by atoms with E-state index in [2.05, 4.69) is 4.90 Å². The van der Waals surface area contributed by atoms with Gasteiger partial charge in [0.15, 0.2) is 11.5 Å². The van der Waals surface area contributed by atoms with Crippen LogP contribution in [0.15, 0.2) is 101 Å². The number of rotatable bonds is 16. The quantitative estimate of drug-likeness (QED) is 0.0895. The normalized spacial score (nSPS) is 17.4. The summed E-state index contributed by atoms with van der Waals surface area (Å²) >= 11 is 0. The second kappa shape index (κ2) is 19.0. The fourth-order valence-corrected chi connectivity index (χ4v) is 9.59. The third kappa shape index (κ3) is 8.90. The standard InChI is InChI=1S/C53H50N6O10/c1-32-19-40-42(54-28-38-23-35-9-4-6-11-44(35)57(38)52(40)63)26-46(32)67-30-33-20-34(22-37(21-33)56(17-18-65-2)16-8-13-51(62)69-59-49(60)14-15-50(59)61)31-68-48-27-43-41(25-47(48)66-3)53(64)58-39(29-55-43)24-36-10-5-7-12-45(36)58/h4-7,9-12,19-22,25-29,38-39H,8,13-18,23-24,30-31H2,1-3H3/t38-,39-/m0/s1. The molecule has 69 heavy (non-hydrogen) atoms. The van der Waals surface area contributed by atoms with E-state index >= 15 is 0 Å². The number of aliphatic imine (C=N–C) groups is 2. The summed E-state index contributed by atoms with van der Waals surface area (Å²) in [7, 11) is 3.14. The van der Waals surface area contributed by atoms with Crippen molar-refractivity contribution < 1.29 is 47.8 Å². The molecule has 1 fully saturated rings. The zero-order valence-corrected chi connectivity index (χ0v) is 38.5. The molecule has 4 amide bonds. The van der Waals surface area contributed by atoms with Crippen LogP contribution in [0.3, 0.4) is 0 Å². The van der Waals surface area contributed by atoms with Gasteiger partial charge in [0.1, 0.15) is 19.0 Å². The topological polar surface area (TPSA) is 169 Å². The van der Waals surface area contributed by atoms with Crippen LogP contribution in [0.4, 0.5) is 28.4 Å².